The van der Waals surface area contributed by atoms with Crippen molar-refractivity contribution in [3.8, 4) is 17.2 Å². The summed E-state index contributed by atoms with van der Waals surface area (Å²) in [4.78, 5) is 30.9. The quantitative estimate of drug-likeness (QED) is 0.194. The van der Waals surface area contributed by atoms with Crippen molar-refractivity contribution >= 4 is 52.8 Å². The highest BCUT2D eigenvalue weighted by atomic mass is 16.5. The summed E-state index contributed by atoms with van der Waals surface area (Å²) in [6, 6.07) is 24.2. The zero-order valence-corrected chi connectivity index (χ0v) is 40.6. The average molecular weight is 903 g/mol. The number of nitrogens with one attached hydrogen (secondary N) is 3. The average Bonchev–Trinajstić information content (AvgIpc) is 4.10. The molecule has 3 N–H and O–H groups in total. The van der Waals surface area contributed by atoms with Gasteiger partial charge in [0.05, 0.1) is 0 Å². The van der Waals surface area contributed by atoms with Crippen LogP contribution in [0.25, 0.3) is 0 Å². The summed E-state index contributed by atoms with van der Waals surface area (Å²) >= 11 is 0. The summed E-state index contributed by atoms with van der Waals surface area (Å²) in [5, 5.41) is 10.2. The van der Waals surface area contributed by atoms with Gasteiger partial charge in [-0.25, -0.2) is 4.90 Å². The van der Waals surface area contributed by atoms with Crippen LogP contribution in [0.5, 0.6) is 17.2 Å². The molecule has 13 nitrogen and oxygen atoms in total. The SMILES string of the molecule is CC12CCC(C1)C(C)(C)C2Oc1ccc(NC2=NC3=NC(Nc4ccc(OC5C6(C)CCC(C6)C5(C)C)cc4)=NC4=NC(Nc5ccc(OC6C7(C)CCC(C7)C6(C)C)cc5)=NC(=N2)N34)cc1. The lowest BCUT2D eigenvalue weighted by molar-refractivity contribution is -0.0143. The Labute approximate surface area is 395 Å². The number of anilines is 3. The fourth-order valence-electron chi connectivity index (χ4n) is 14.8. The lowest BCUT2D eigenvalue weighted by atomic mass is 9.70. The number of rotatable bonds is 9. The molecule has 0 radical (unpaired) electrons. The third-order valence-corrected chi connectivity index (χ3v) is 18.3. The molecule has 350 valence electrons. The maximum atomic E-state index is 6.75. The van der Waals surface area contributed by atoms with Gasteiger partial charge in [0, 0.05) is 49.6 Å². The normalized spacial score (nSPS) is 35.1. The van der Waals surface area contributed by atoms with E-state index in [1.165, 1.54) is 57.8 Å². The van der Waals surface area contributed by atoms with Crippen LogP contribution in [0.1, 0.15) is 120 Å². The fraction of sp³-hybridized carbons (Fsp3) is 0.556. The van der Waals surface area contributed by atoms with Gasteiger partial charge in [0.15, 0.2) is 0 Å². The van der Waals surface area contributed by atoms with Gasteiger partial charge in [-0.15, -0.1) is 0 Å². The Balaban J connectivity index is 0.795. The smallest absolute Gasteiger partial charge is 0.246 e. The molecule has 12 rings (SSSR count). The van der Waals surface area contributed by atoms with Gasteiger partial charge in [0.25, 0.3) is 0 Å². The van der Waals surface area contributed by atoms with E-state index in [9.17, 15) is 0 Å². The Kier molecular flexibility index (Phi) is 9.31. The highest BCUT2D eigenvalue weighted by Gasteiger charge is 2.63. The topological polar surface area (TPSA) is 141 Å². The first-order valence-electron chi connectivity index (χ1n) is 24.8. The number of benzene rings is 3. The number of nitrogens with zero attached hydrogens (tertiary/aromatic N) is 7. The van der Waals surface area contributed by atoms with Gasteiger partial charge in [0.2, 0.25) is 35.8 Å². The van der Waals surface area contributed by atoms with Crippen LogP contribution in [-0.2, 0) is 0 Å². The first kappa shape index (κ1) is 42.6. The Morgan fingerprint density at radius 1 is 0.403 bits per heavy atom. The Morgan fingerprint density at radius 3 is 0.910 bits per heavy atom. The number of guanidine groups is 6. The highest BCUT2D eigenvalue weighted by Crippen LogP contribution is 2.65. The van der Waals surface area contributed by atoms with Crippen molar-refractivity contribution in [3.05, 3.63) is 72.8 Å². The Bertz CT molecular complexity index is 2390. The van der Waals surface area contributed by atoms with Crippen LogP contribution in [0.3, 0.4) is 0 Å². The van der Waals surface area contributed by atoms with E-state index in [0.29, 0.717) is 53.5 Å². The standard InChI is InChI=1S/C54H66N10O3/c1-49(2)31-22-25-52(7,28-31)40(49)65-37-16-10-34(11-17-37)55-43-58-46-60-44(56-35-12-18-38(19-13-35)66-41-50(3,4)32-23-26-53(41,8)29-32)62-48-63-45(61-47(59-43)64(46)48)57-36-14-20-39(21-15-36)67-42-51(5,6)33-24-27-54(42,9)30-33/h10-21,31-33,40-42H,22-30H2,1-9H3,(H3,55,56,57,58,59,60,61,62,63). The predicted molar refractivity (Wildman–Crippen MR) is 268 cm³/mol. The molecule has 67 heavy (non-hydrogen) atoms. The second-order valence-electron chi connectivity index (χ2n) is 24.1. The van der Waals surface area contributed by atoms with Crippen LogP contribution in [0.15, 0.2) is 103 Å². The zero-order valence-electron chi connectivity index (χ0n) is 40.6. The van der Waals surface area contributed by atoms with E-state index in [1.807, 2.05) is 72.8 Å². The molecule has 6 saturated carbocycles. The number of ether oxygens (including phenoxy) is 3. The summed E-state index contributed by atoms with van der Waals surface area (Å²) in [5.74, 6) is 6.74. The molecule has 0 spiro atoms. The van der Waals surface area contributed by atoms with E-state index in [-0.39, 0.29) is 50.8 Å². The molecule has 6 fully saturated rings. The van der Waals surface area contributed by atoms with Gasteiger partial charge in [-0.2, -0.15) is 30.0 Å². The van der Waals surface area contributed by atoms with E-state index in [4.69, 9.17) is 44.2 Å². The van der Waals surface area contributed by atoms with Crippen LogP contribution in [0.4, 0.5) is 17.1 Å². The largest absolute Gasteiger partial charge is 0.489 e. The van der Waals surface area contributed by atoms with Crippen molar-refractivity contribution in [2.45, 2.75) is 138 Å². The molecule has 9 atom stereocenters. The third-order valence-electron chi connectivity index (χ3n) is 18.3. The van der Waals surface area contributed by atoms with Gasteiger partial charge in [0.1, 0.15) is 35.6 Å². The first-order valence-corrected chi connectivity index (χ1v) is 24.8. The molecule has 9 unspecified atom stereocenters. The van der Waals surface area contributed by atoms with E-state index < -0.39 is 0 Å². The maximum absolute atomic E-state index is 6.75. The molecule has 0 aromatic heterocycles. The van der Waals surface area contributed by atoms with Crippen molar-refractivity contribution in [2.75, 3.05) is 16.0 Å². The second kappa shape index (κ2) is 14.6. The van der Waals surface area contributed by atoms with Gasteiger partial charge in [-0.1, -0.05) is 62.3 Å². The lowest BCUT2D eigenvalue weighted by Crippen LogP contribution is -2.49. The van der Waals surface area contributed by atoms with Crippen LogP contribution in [0, 0.1) is 50.2 Å². The summed E-state index contributed by atoms with van der Waals surface area (Å²) in [7, 11) is 0. The molecule has 6 bridgehead atoms. The molecule has 3 heterocycles. The number of hydrogen-bond acceptors (Lipinski definition) is 13. The highest BCUT2D eigenvalue weighted by molar-refractivity contribution is 6.32. The molecular weight excluding hydrogens is 837 g/mol. The summed E-state index contributed by atoms with van der Waals surface area (Å²) in [6.45, 7) is 21.4. The van der Waals surface area contributed by atoms with Crippen molar-refractivity contribution in [3.63, 3.8) is 0 Å². The summed E-state index contributed by atoms with van der Waals surface area (Å²) < 4.78 is 20.3. The van der Waals surface area contributed by atoms with Gasteiger partial charge >= 0.3 is 0 Å². The molecule has 3 aromatic rings. The van der Waals surface area contributed by atoms with E-state index in [0.717, 1.165) is 34.3 Å². The van der Waals surface area contributed by atoms with Crippen LogP contribution in [-0.4, -0.2) is 59.0 Å². The molecule has 3 aliphatic heterocycles. The zero-order chi connectivity index (χ0) is 46.3. The summed E-state index contributed by atoms with van der Waals surface area (Å²) in [5.41, 5.74) is 3.50. The second-order valence-corrected chi connectivity index (χ2v) is 24.1. The Morgan fingerprint density at radius 2 is 0.672 bits per heavy atom. The molecule has 3 aromatic carbocycles. The monoisotopic (exact) mass is 903 g/mol. The lowest BCUT2D eigenvalue weighted by Gasteiger charge is -2.42. The van der Waals surface area contributed by atoms with Crippen LogP contribution in [0.2, 0.25) is 0 Å². The van der Waals surface area contributed by atoms with Gasteiger partial charge in [-0.05, 0) is 148 Å². The minimum Gasteiger partial charge on any atom is -0.489 e. The van der Waals surface area contributed by atoms with E-state index >= 15 is 0 Å². The van der Waals surface area contributed by atoms with Crippen LogP contribution < -0.4 is 30.2 Å². The fourth-order valence-corrected chi connectivity index (χ4v) is 14.8. The molecule has 13 heteroatoms. The molecular formula is C54H66N10O3. The third kappa shape index (κ3) is 6.98. The first-order chi connectivity index (χ1) is 31.9. The van der Waals surface area contributed by atoms with Gasteiger partial charge < -0.3 is 30.2 Å². The molecule has 9 aliphatic rings. The van der Waals surface area contributed by atoms with Crippen molar-refractivity contribution in [1.82, 2.24) is 4.90 Å². The molecule has 0 amide bonds. The van der Waals surface area contributed by atoms with E-state index in [1.54, 1.807) is 4.90 Å². The Hall–Kier alpha value is -5.72. The molecule has 6 aliphatic carbocycles. The summed E-state index contributed by atoms with van der Waals surface area (Å²) in [6.07, 6.45) is 11.8. The minimum absolute atomic E-state index is 0.141. The van der Waals surface area contributed by atoms with E-state index in [2.05, 4.69) is 78.3 Å². The minimum atomic E-state index is 0.141. The maximum Gasteiger partial charge on any atom is 0.246 e. The molecule has 0 saturated heterocycles. The van der Waals surface area contributed by atoms with Crippen molar-refractivity contribution < 1.29 is 14.2 Å². The number of aliphatic imine (C=N–C) groups is 6. The van der Waals surface area contributed by atoms with Gasteiger partial charge in [-0.3, -0.25) is 0 Å². The number of hydrogen-bond donors (Lipinski definition) is 3. The van der Waals surface area contributed by atoms with Crippen LogP contribution >= 0.6 is 0 Å². The number of fused-ring (bicyclic) bond motifs is 6. The van der Waals surface area contributed by atoms with Crippen molar-refractivity contribution in [2.24, 2.45) is 80.2 Å². The predicted octanol–water partition coefficient (Wildman–Crippen LogP) is 11.6. The van der Waals surface area contributed by atoms with Crippen molar-refractivity contribution in [1.29, 1.82) is 0 Å².